The van der Waals surface area contributed by atoms with Gasteiger partial charge in [0.15, 0.2) is 0 Å². The lowest BCUT2D eigenvalue weighted by Crippen LogP contribution is -2.41. The zero-order valence-corrected chi connectivity index (χ0v) is 22.4. The Balaban J connectivity index is 1.70. The highest BCUT2D eigenvalue weighted by Gasteiger charge is 2.34. The van der Waals surface area contributed by atoms with Crippen molar-refractivity contribution in [2.24, 2.45) is 0 Å². The zero-order chi connectivity index (χ0) is 27.1. The number of anilines is 1. The van der Waals surface area contributed by atoms with E-state index in [1.165, 1.54) is 35.4 Å². The van der Waals surface area contributed by atoms with Crippen LogP contribution in [0.2, 0.25) is 5.02 Å². The molecule has 37 heavy (non-hydrogen) atoms. The monoisotopic (exact) mass is 570 g/mol. The Labute approximate surface area is 224 Å². The molecule has 3 aromatic carbocycles. The largest absolute Gasteiger partial charge is 0.416 e. The van der Waals surface area contributed by atoms with E-state index in [4.69, 9.17) is 11.6 Å². The average molecular weight is 571 g/mol. The van der Waals surface area contributed by atoms with Gasteiger partial charge in [0.1, 0.15) is 6.54 Å². The molecular weight excluding hydrogens is 545 g/mol. The summed E-state index contributed by atoms with van der Waals surface area (Å²) in [7, 11) is -4.39. The maximum absolute atomic E-state index is 13.4. The van der Waals surface area contributed by atoms with Crippen LogP contribution in [0.4, 0.5) is 18.9 Å². The first-order valence-electron chi connectivity index (χ1n) is 11.3. The van der Waals surface area contributed by atoms with E-state index in [0.29, 0.717) is 16.8 Å². The summed E-state index contributed by atoms with van der Waals surface area (Å²) in [6.45, 7) is 1.58. The highest BCUT2D eigenvalue weighted by molar-refractivity contribution is 7.98. The van der Waals surface area contributed by atoms with Crippen LogP contribution in [-0.4, -0.2) is 33.2 Å². The first kappa shape index (κ1) is 28.9. The summed E-state index contributed by atoms with van der Waals surface area (Å²) in [4.78, 5) is 12.5. The Bertz CT molecular complexity index is 1320. The summed E-state index contributed by atoms with van der Waals surface area (Å²) in [5, 5.41) is 2.43. The van der Waals surface area contributed by atoms with Crippen molar-refractivity contribution in [1.29, 1.82) is 0 Å². The second kappa shape index (κ2) is 12.7. The molecule has 1 N–H and O–H groups in total. The minimum Gasteiger partial charge on any atom is -0.354 e. The van der Waals surface area contributed by atoms with Crippen molar-refractivity contribution in [2.75, 3.05) is 23.1 Å². The third-order valence-electron chi connectivity index (χ3n) is 5.30. The number of nitrogens with zero attached hydrogens (tertiary/aromatic N) is 1. The molecule has 0 heterocycles. The highest BCUT2D eigenvalue weighted by Crippen LogP contribution is 2.37. The third kappa shape index (κ3) is 8.15. The van der Waals surface area contributed by atoms with Gasteiger partial charge in [0.05, 0.1) is 21.2 Å². The van der Waals surface area contributed by atoms with Crippen LogP contribution >= 0.6 is 23.4 Å². The van der Waals surface area contributed by atoms with Gasteiger partial charge in [0.2, 0.25) is 5.91 Å². The summed E-state index contributed by atoms with van der Waals surface area (Å²) in [5.74, 6) is 0.934. The van der Waals surface area contributed by atoms with Crippen molar-refractivity contribution < 1.29 is 26.4 Å². The van der Waals surface area contributed by atoms with Crippen molar-refractivity contribution in [3.8, 4) is 0 Å². The molecule has 0 fully saturated rings. The van der Waals surface area contributed by atoms with Crippen molar-refractivity contribution in [3.63, 3.8) is 0 Å². The van der Waals surface area contributed by atoms with Crippen LogP contribution in [0.25, 0.3) is 0 Å². The molecule has 3 rings (SSSR count). The number of carbonyl (C=O) groups is 1. The number of carbonyl (C=O) groups excluding carboxylic acids is 1. The number of alkyl halides is 3. The van der Waals surface area contributed by atoms with Gasteiger partial charge < -0.3 is 5.32 Å². The van der Waals surface area contributed by atoms with Gasteiger partial charge >= 0.3 is 6.18 Å². The number of benzene rings is 3. The number of hydrogen-bond donors (Lipinski definition) is 1. The number of aryl methyl sites for hydroxylation is 1. The van der Waals surface area contributed by atoms with Crippen LogP contribution in [0.1, 0.15) is 23.1 Å². The Morgan fingerprint density at radius 2 is 1.76 bits per heavy atom. The van der Waals surface area contributed by atoms with E-state index in [1.807, 2.05) is 25.1 Å². The Hall–Kier alpha value is -2.69. The summed E-state index contributed by atoms with van der Waals surface area (Å²) in [6, 6.07) is 17.7. The standard InChI is InChI=1S/C26H26ClF3N2O3S2/c1-19-7-5-8-20(15-19)18-36-14-6-13-31-25(33)17-32(37(34,35)22-9-3-2-4-10-22)24-16-21(26(28,29)30)11-12-23(24)27/h2-5,7-12,15-16H,6,13-14,17-18H2,1H3,(H,31,33). The molecule has 0 saturated heterocycles. The molecule has 0 aliphatic heterocycles. The van der Waals surface area contributed by atoms with Gasteiger partial charge in [-0.1, -0.05) is 59.6 Å². The fraction of sp³-hybridized carbons (Fsp3) is 0.269. The number of sulfonamides is 1. The molecule has 0 aliphatic carbocycles. The lowest BCUT2D eigenvalue weighted by Gasteiger charge is -2.25. The predicted molar refractivity (Wildman–Crippen MR) is 142 cm³/mol. The number of amides is 1. The van der Waals surface area contributed by atoms with Gasteiger partial charge in [-0.15, -0.1) is 0 Å². The maximum Gasteiger partial charge on any atom is 0.416 e. The van der Waals surface area contributed by atoms with Crippen molar-refractivity contribution in [1.82, 2.24) is 5.32 Å². The number of nitrogens with one attached hydrogen (secondary N) is 1. The van der Waals surface area contributed by atoms with Crippen LogP contribution < -0.4 is 9.62 Å². The molecule has 0 atom stereocenters. The fourth-order valence-corrected chi connectivity index (χ4v) is 6.11. The molecule has 0 aliphatic rings. The first-order chi connectivity index (χ1) is 17.5. The van der Waals surface area contributed by atoms with E-state index in [0.717, 1.165) is 23.6 Å². The molecule has 0 unspecified atom stereocenters. The number of hydrogen-bond acceptors (Lipinski definition) is 4. The lowest BCUT2D eigenvalue weighted by atomic mass is 10.2. The normalized spacial score (nSPS) is 11.8. The van der Waals surface area contributed by atoms with E-state index in [-0.39, 0.29) is 16.5 Å². The summed E-state index contributed by atoms with van der Waals surface area (Å²) in [5.41, 5.74) is 0.880. The molecule has 198 valence electrons. The van der Waals surface area contributed by atoms with Gasteiger partial charge in [-0.2, -0.15) is 24.9 Å². The fourth-order valence-electron chi connectivity index (χ4n) is 3.48. The molecule has 0 aromatic heterocycles. The van der Waals surface area contributed by atoms with Crippen LogP contribution in [0, 0.1) is 6.92 Å². The zero-order valence-electron chi connectivity index (χ0n) is 20.0. The van der Waals surface area contributed by atoms with E-state index < -0.39 is 39.9 Å². The van der Waals surface area contributed by atoms with Crippen molar-refractivity contribution in [3.05, 3.63) is 94.5 Å². The lowest BCUT2D eigenvalue weighted by molar-refractivity contribution is -0.137. The first-order valence-corrected chi connectivity index (χ1v) is 14.3. The molecule has 0 radical (unpaired) electrons. The molecular formula is C26H26ClF3N2O3S2. The Kier molecular flexibility index (Phi) is 9.92. The topological polar surface area (TPSA) is 66.5 Å². The van der Waals surface area contributed by atoms with E-state index >= 15 is 0 Å². The summed E-state index contributed by atoms with van der Waals surface area (Å²) >= 11 is 7.84. The molecule has 11 heteroatoms. The van der Waals surface area contributed by atoms with Crippen LogP contribution in [0.5, 0.6) is 0 Å². The molecule has 3 aromatic rings. The van der Waals surface area contributed by atoms with Crippen molar-refractivity contribution in [2.45, 2.75) is 30.2 Å². The SMILES string of the molecule is Cc1cccc(CSCCCNC(=O)CN(c2cc(C(F)(F)F)ccc2Cl)S(=O)(=O)c2ccccc2)c1. The molecule has 1 amide bonds. The molecule has 0 bridgehead atoms. The smallest absolute Gasteiger partial charge is 0.354 e. The van der Waals surface area contributed by atoms with Gasteiger partial charge in [-0.3, -0.25) is 9.10 Å². The van der Waals surface area contributed by atoms with Gasteiger partial charge in [-0.25, -0.2) is 8.42 Å². The van der Waals surface area contributed by atoms with E-state index in [9.17, 15) is 26.4 Å². The molecule has 0 spiro atoms. The highest BCUT2D eigenvalue weighted by atomic mass is 35.5. The minimum atomic E-state index is -4.72. The predicted octanol–water partition coefficient (Wildman–Crippen LogP) is 6.30. The Morgan fingerprint density at radius 1 is 1.03 bits per heavy atom. The number of thioether (sulfide) groups is 1. The maximum atomic E-state index is 13.4. The second-order valence-electron chi connectivity index (χ2n) is 8.23. The van der Waals surface area contributed by atoms with Gasteiger partial charge in [0.25, 0.3) is 10.0 Å². The quantitative estimate of drug-likeness (QED) is 0.275. The summed E-state index contributed by atoms with van der Waals surface area (Å²) in [6.07, 6.45) is -4.09. The number of halogens is 4. The van der Waals surface area contributed by atoms with Crippen LogP contribution in [0.15, 0.2) is 77.7 Å². The second-order valence-corrected chi connectivity index (χ2v) is 11.6. The summed E-state index contributed by atoms with van der Waals surface area (Å²) < 4.78 is 67.4. The Morgan fingerprint density at radius 3 is 2.43 bits per heavy atom. The molecule has 5 nitrogen and oxygen atoms in total. The van der Waals surface area contributed by atoms with Gasteiger partial charge in [0, 0.05) is 12.3 Å². The number of rotatable bonds is 11. The average Bonchev–Trinajstić information content (AvgIpc) is 2.85. The van der Waals surface area contributed by atoms with Crippen LogP contribution in [-0.2, 0) is 26.7 Å². The van der Waals surface area contributed by atoms with Gasteiger partial charge in [-0.05, 0) is 55.0 Å². The molecule has 0 saturated carbocycles. The third-order valence-corrected chi connectivity index (χ3v) is 8.51. The minimum absolute atomic E-state index is 0.177. The van der Waals surface area contributed by atoms with E-state index in [2.05, 4.69) is 11.4 Å². The van der Waals surface area contributed by atoms with E-state index in [1.54, 1.807) is 17.8 Å². The van der Waals surface area contributed by atoms with Crippen LogP contribution in [0.3, 0.4) is 0 Å². The van der Waals surface area contributed by atoms with Crippen molar-refractivity contribution >= 4 is 45.0 Å².